The first-order chi connectivity index (χ1) is 12.4. The van der Waals surface area contributed by atoms with Gasteiger partial charge in [-0.05, 0) is 37.1 Å². The van der Waals surface area contributed by atoms with E-state index in [0.717, 1.165) is 12.8 Å². The zero-order valence-electron chi connectivity index (χ0n) is 14.7. The Morgan fingerprint density at radius 1 is 1.35 bits per heavy atom. The SMILES string of the molecule is CCCCC(=O)Nc1cccc(N=Cc2cc([N+](=O)[O-])cc(C)c2O)c1. The van der Waals surface area contributed by atoms with E-state index < -0.39 is 4.92 Å². The number of carbonyl (C=O) groups is 1. The second kappa shape index (κ2) is 8.75. The molecular weight excluding hydrogens is 334 g/mol. The van der Waals surface area contributed by atoms with Crippen molar-refractivity contribution in [2.24, 2.45) is 4.99 Å². The van der Waals surface area contributed by atoms with Gasteiger partial charge in [0.15, 0.2) is 0 Å². The normalized spacial score (nSPS) is 10.8. The summed E-state index contributed by atoms with van der Waals surface area (Å²) in [5, 5.41) is 23.8. The quantitative estimate of drug-likeness (QED) is 0.434. The Morgan fingerprint density at radius 2 is 2.12 bits per heavy atom. The lowest BCUT2D eigenvalue weighted by molar-refractivity contribution is -0.384. The van der Waals surface area contributed by atoms with Crippen molar-refractivity contribution < 1.29 is 14.8 Å². The molecule has 2 aromatic carbocycles. The number of phenols is 1. The Labute approximate surface area is 151 Å². The topological polar surface area (TPSA) is 105 Å². The molecule has 0 fully saturated rings. The van der Waals surface area contributed by atoms with E-state index in [4.69, 9.17) is 0 Å². The van der Waals surface area contributed by atoms with Gasteiger partial charge in [0.25, 0.3) is 5.69 Å². The number of aromatic hydroxyl groups is 1. The number of non-ortho nitro benzene ring substituents is 1. The first kappa shape index (κ1) is 19.1. The lowest BCUT2D eigenvalue weighted by atomic mass is 10.1. The van der Waals surface area contributed by atoms with Gasteiger partial charge in [0, 0.05) is 36.0 Å². The molecular formula is C19H21N3O4. The molecule has 26 heavy (non-hydrogen) atoms. The number of unbranched alkanes of at least 4 members (excludes halogenated alkanes) is 1. The average Bonchev–Trinajstić information content (AvgIpc) is 2.61. The number of rotatable bonds is 7. The summed E-state index contributed by atoms with van der Waals surface area (Å²) in [5.74, 6) is -0.108. The second-order valence-electron chi connectivity index (χ2n) is 5.92. The number of phenolic OH excluding ortho intramolecular Hbond substituents is 1. The van der Waals surface area contributed by atoms with E-state index in [1.807, 2.05) is 6.92 Å². The van der Waals surface area contributed by atoms with Crippen LogP contribution >= 0.6 is 0 Å². The minimum absolute atomic E-state index is 0.0524. The van der Waals surface area contributed by atoms with Crippen LogP contribution in [0, 0.1) is 17.0 Å². The molecule has 0 spiro atoms. The molecule has 2 rings (SSSR count). The molecule has 1 amide bonds. The van der Waals surface area contributed by atoms with Gasteiger partial charge in [-0.2, -0.15) is 0 Å². The summed E-state index contributed by atoms with van der Waals surface area (Å²) in [7, 11) is 0. The van der Waals surface area contributed by atoms with Gasteiger partial charge in [-0.25, -0.2) is 0 Å². The van der Waals surface area contributed by atoms with Crippen LogP contribution in [0.25, 0.3) is 0 Å². The third-order valence-electron chi connectivity index (χ3n) is 3.77. The van der Waals surface area contributed by atoms with E-state index in [0.29, 0.717) is 23.4 Å². The number of hydrogen-bond acceptors (Lipinski definition) is 5. The molecule has 0 atom stereocenters. The van der Waals surface area contributed by atoms with E-state index in [-0.39, 0.29) is 22.9 Å². The molecule has 7 nitrogen and oxygen atoms in total. The highest BCUT2D eigenvalue weighted by molar-refractivity contribution is 5.91. The highest BCUT2D eigenvalue weighted by Crippen LogP contribution is 2.27. The van der Waals surface area contributed by atoms with E-state index in [9.17, 15) is 20.0 Å². The zero-order valence-corrected chi connectivity index (χ0v) is 14.7. The summed E-state index contributed by atoms with van der Waals surface area (Å²) in [5.41, 5.74) is 1.73. The number of nitrogens with one attached hydrogen (secondary N) is 1. The standard InChI is InChI=1S/C19H21N3O4/c1-3-4-8-18(23)21-16-7-5-6-15(11-16)20-12-14-10-17(22(25)26)9-13(2)19(14)24/h5-7,9-12,24H,3-4,8H2,1-2H3,(H,21,23). The Hall–Kier alpha value is -3.22. The number of hydrogen-bond donors (Lipinski definition) is 2. The zero-order chi connectivity index (χ0) is 19.1. The fourth-order valence-corrected chi connectivity index (χ4v) is 2.36. The van der Waals surface area contributed by atoms with Gasteiger partial charge in [0.05, 0.1) is 10.6 Å². The van der Waals surface area contributed by atoms with Gasteiger partial charge in [0.1, 0.15) is 5.75 Å². The van der Waals surface area contributed by atoms with Crippen LogP contribution in [0.4, 0.5) is 17.1 Å². The van der Waals surface area contributed by atoms with Gasteiger partial charge in [-0.15, -0.1) is 0 Å². The number of nitrogens with zero attached hydrogens (tertiary/aromatic N) is 2. The predicted molar refractivity (Wildman–Crippen MR) is 101 cm³/mol. The van der Waals surface area contributed by atoms with Crippen LogP contribution in [0.5, 0.6) is 5.75 Å². The fraction of sp³-hybridized carbons (Fsp3) is 0.263. The molecule has 0 aliphatic carbocycles. The number of nitro groups is 1. The van der Waals surface area contributed by atoms with Crippen LogP contribution in [-0.2, 0) is 4.79 Å². The second-order valence-corrected chi connectivity index (χ2v) is 5.92. The van der Waals surface area contributed by atoms with E-state index >= 15 is 0 Å². The average molecular weight is 355 g/mol. The Morgan fingerprint density at radius 3 is 2.81 bits per heavy atom. The van der Waals surface area contributed by atoms with Crippen molar-refractivity contribution in [1.29, 1.82) is 0 Å². The summed E-state index contributed by atoms with van der Waals surface area (Å²) >= 11 is 0. The van der Waals surface area contributed by atoms with Crippen LogP contribution < -0.4 is 5.32 Å². The number of carbonyl (C=O) groups excluding carboxylic acids is 1. The number of amides is 1. The molecule has 0 aliphatic heterocycles. The number of anilines is 1. The number of benzene rings is 2. The van der Waals surface area contributed by atoms with Crippen LogP contribution in [0.15, 0.2) is 41.4 Å². The predicted octanol–water partition coefficient (Wildman–Crippen LogP) is 4.49. The first-order valence-electron chi connectivity index (χ1n) is 8.32. The number of aryl methyl sites for hydroxylation is 1. The van der Waals surface area contributed by atoms with Crippen molar-refractivity contribution in [3.05, 3.63) is 57.6 Å². The highest BCUT2D eigenvalue weighted by Gasteiger charge is 2.12. The smallest absolute Gasteiger partial charge is 0.270 e. The van der Waals surface area contributed by atoms with Crippen LogP contribution in [0.1, 0.15) is 37.3 Å². The van der Waals surface area contributed by atoms with Crippen molar-refractivity contribution in [3.8, 4) is 5.75 Å². The van der Waals surface area contributed by atoms with Crippen LogP contribution in [0.3, 0.4) is 0 Å². The van der Waals surface area contributed by atoms with E-state index in [1.165, 1.54) is 18.3 Å². The van der Waals surface area contributed by atoms with Gasteiger partial charge in [-0.3, -0.25) is 19.9 Å². The third kappa shape index (κ3) is 5.14. The molecule has 0 heterocycles. The molecule has 0 saturated carbocycles. The van der Waals surface area contributed by atoms with Crippen molar-refractivity contribution in [2.45, 2.75) is 33.1 Å². The first-order valence-corrected chi connectivity index (χ1v) is 8.32. The van der Waals surface area contributed by atoms with Crippen LogP contribution in [0.2, 0.25) is 0 Å². The Bertz CT molecular complexity index is 847. The van der Waals surface area contributed by atoms with Gasteiger partial charge < -0.3 is 10.4 Å². The fourth-order valence-electron chi connectivity index (χ4n) is 2.36. The van der Waals surface area contributed by atoms with Crippen LogP contribution in [-0.4, -0.2) is 22.2 Å². The summed E-state index contributed by atoms with van der Waals surface area (Å²) in [6, 6.07) is 9.51. The van der Waals surface area contributed by atoms with Crippen molar-refractivity contribution in [1.82, 2.24) is 0 Å². The molecule has 0 bridgehead atoms. The molecule has 0 radical (unpaired) electrons. The Kier molecular flexibility index (Phi) is 6.43. The molecule has 2 N–H and O–H groups in total. The number of aliphatic imine (C=N–C) groups is 1. The highest BCUT2D eigenvalue weighted by atomic mass is 16.6. The lowest BCUT2D eigenvalue weighted by Crippen LogP contribution is -2.10. The van der Waals surface area contributed by atoms with Gasteiger partial charge in [0.2, 0.25) is 5.91 Å². The Balaban J connectivity index is 2.20. The third-order valence-corrected chi connectivity index (χ3v) is 3.77. The summed E-state index contributed by atoms with van der Waals surface area (Å²) < 4.78 is 0. The molecule has 2 aromatic rings. The molecule has 136 valence electrons. The van der Waals surface area contributed by atoms with Crippen molar-refractivity contribution in [2.75, 3.05) is 5.32 Å². The largest absolute Gasteiger partial charge is 0.507 e. The van der Waals surface area contributed by atoms with E-state index in [2.05, 4.69) is 10.3 Å². The minimum atomic E-state index is -0.518. The molecule has 0 unspecified atom stereocenters. The van der Waals surface area contributed by atoms with E-state index in [1.54, 1.807) is 31.2 Å². The maximum atomic E-state index is 11.8. The van der Waals surface area contributed by atoms with Gasteiger partial charge in [-0.1, -0.05) is 19.4 Å². The molecule has 7 heteroatoms. The maximum Gasteiger partial charge on any atom is 0.270 e. The van der Waals surface area contributed by atoms with Crippen molar-refractivity contribution in [3.63, 3.8) is 0 Å². The molecule has 0 aromatic heterocycles. The summed E-state index contributed by atoms with van der Waals surface area (Å²) in [4.78, 5) is 26.5. The summed E-state index contributed by atoms with van der Waals surface area (Å²) in [6.07, 6.45) is 3.61. The number of nitro benzene ring substituents is 1. The summed E-state index contributed by atoms with van der Waals surface area (Å²) in [6.45, 7) is 3.61. The maximum absolute atomic E-state index is 11.8. The monoisotopic (exact) mass is 355 g/mol. The van der Waals surface area contributed by atoms with Crippen molar-refractivity contribution >= 4 is 29.2 Å². The van der Waals surface area contributed by atoms with Gasteiger partial charge >= 0.3 is 0 Å². The molecule has 0 aliphatic rings. The minimum Gasteiger partial charge on any atom is -0.507 e. The lowest BCUT2D eigenvalue weighted by Gasteiger charge is -2.06. The molecule has 0 saturated heterocycles.